The molecule has 1 saturated carbocycles. The van der Waals surface area contributed by atoms with Crippen molar-refractivity contribution in [2.24, 2.45) is 0 Å². The Labute approximate surface area is 174 Å². The topological polar surface area (TPSA) is 73.5 Å². The van der Waals surface area contributed by atoms with Gasteiger partial charge in [-0.05, 0) is 49.7 Å². The summed E-state index contributed by atoms with van der Waals surface area (Å²) in [6.07, 6.45) is 7.44. The first kappa shape index (κ1) is 21.5. The summed E-state index contributed by atoms with van der Waals surface area (Å²) < 4.78 is 0. The Hall–Kier alpha value is -2.24. The fourth-order valence-corrected chi connectivity index (χ4v) is 4.41. The molecule has 0 atom stereocenters. The van der Waals surface area contributed by atoms with Crippen LogP contribution in [-0.4, -0.2) is 42.1 Å². The number of para-hydroxylation sites is 1. The smallest absolute Gasteiger partial charge is 0.321 e. The van der Waals surface area contributed by atoms with Crippen LogP contribution in [0.3, 0.4) is 0 Å². The van der Waals surface area contributed by atoms with Crippen LogP contribution in [0.5, 0.6) is 0 Å². The van der Waals surface area contributed by atoms with Crippen molar-refractivity contribution < 1.29 is 9.59 Å². The molecule has 4 amide bonds. The number of anilines is 1. The Morgan fingerprint density at radius 3 is 2.21 bits per heavy atom. The molecule has 1 aliphatic carbocycles. The second-order valence-corrected chi connectivity index (χ2v) is 8.84. The van der Waals surface area contributed by atoms with E-state index in [1.54, 1.807) is 0 Å². The summed E-state index contributed by atoms with van der Waals surface area (Å²) in [6.45, 7) is 7.62. The standard InChI is InChI=1S/C23H36N4O2/c1-16(2)20-11-7-8-17(3)21(20)26-23(29)27-14-12-19(13-15-27)25-22(28)24-18-9-5-4-6-10-18/h7-8,11,16,18-19H,4-6,9-10,12-15H2,1-3H3,(H,26,29)(H2,24,25,28). The fraction of sp³-hybridized carbons (Fsp3) is 0.652. The van der Waals surface area contributed by atoms with E-state index in [1.165, 1.54) is 19.3 Å². The first-order valence-electron chi connectivity index (χ1n) is 11.2. The van der Waals surface area contributed by atoms with E-state index in [-0.39, 0.29) is 18.1 Å². The van der Waals surface area contributed by atoms with Crippen LogP contribution in [0.15, 0.2) is 18.2 Å². The molecule has 3 N–H and O–H groups in total. The van der Waals surface area contributed by atoms with Gasteiger partial charge in [0, 0.05) is 30.9 Å². The molecule has 1 aromatic carbocycles. The van der Waals surface area contributed by atoms with Gasteiger partial charge in [0.05, 0.1) is 0 Å². The van der Waals surface area contributed by atoms with E-state index in [0.29, 0.717) is 25.0 Å². The average molecular weight is 401 g/mol. The summed E-state index contributed by atoms with van der Waals surface area (Å²) in [6, 6.07) is 6.49. The summed E-state index contributed by atoms with van der Waals surface area (Å²) in [5, 5.41) is 9.34. The molecule has 160 valence electrons. The molecule has 1 saturated heterocycles. The lowest BCUT2D eigenvalue weighted by Crippen LogP contribution is -2.51. The van der Waals surface area contributed by atoms with Crippen molar-refractivity contribution in [2.45, 2.75) is 83.7 Å². The molecular weight excluding hydrogens is 364 g/mol. The maximum Gasteiger partial charge on any atom is 0.321 e. The molecule has 2 aliphatic rings. The van der Waals surface area contributed by atoms with E-state index >= 15 is 0 Å². The molecule has 1 aromatic rings. The number of carbonyl (C=O) groups is 2. The molecule has 0 bridgehead atoms. The lowest BCUT2D eigenvalue weighted by Gasteiger charge is -2.33. The maximum atomic E-state index is 12.8. The van der Waals surface area contributed by atoms with Gasteiger partial charge in [-0.1, -0.05) is 51.3 Å². The minimum absolute atomic E-state index is 0.0497. The van der Waals surface area contributed by atoms with E-state index in [1.807, 2.05) is 24.0 Å². The van der Waals surface area contributed by atoms with Gasteiger partial charge in [-0.15, -0.1) is 0 Å². The van der Waals surface area contributed by atoms with E-state index < -0.39 is 0 Å². The van der Waals surface area contributed by atoms with Crippen LogP contribution in [0.1, 0.15) is 75.8 Å². The molecule has 0 aromatic heterocycles. The Morgan fingerprint density at radius 2 is 1.59 bits per heavy atom. The highest BCUT2D eigenvalue weighted by Gasteiger charge is 2.25. The highest BCUT2D eigenvalue weighted by Crippen LogP contribution is 2.28. The predicted molar refractivity (Wildman–Crippen MR) is 117 cm³/mol. The molecule has 0 radical (unpaired) electrons. The van der Waals surface area contributed by atoms with Crippen LogP contribution >= 0.6 is 0 Å². The van der Waals surface area contributed by atoms with Crippen LogP contribution < -0.4 is 16.0 Å². The lowest BCUT2D eigenvalue weighted by atomic mass is 9.96. The Kier molecular flexibility index (Phi) is 7.40. The third-order valence-electron chi connectivity index (χ3n) is 6.22. The monoisotopic (exact) mass is 400 g/mol. The third kappa shape index (κ3) is 5.87. The zero-order valence-corrected chi connectivity index (χ0v) is 18.1. The van der Waals surface area contributed by atoms with Crippen LogP contribution in [0.2, 0.25) is 0 Å². The number of piperidine rings is 1. The summed E-state index contributed by atoms with van der Waals surface area (Å²) in [5.74, 6) is 0.350. The predicted octanol–water partition coefficient (Wildman–Crippen LogP) is 4.75. The number of benzene rings is 1. The van der Waals surface area contributed by atoms with Crippen molar-refractivity contribution in [3.05, 3.63) is 29.3 Å². The second-order valence-electron chi connectivity index (χ2n) is 8.84. The quantitative estimate of drug-likeness (QED) is 0.682. The molecule has 3 rings (SSSR count). The van der Waals surface area contributed by atoms with Gasteiger partial charge in [-0.3, -0.25) is 0 Å². The van der Waals surface area contributed by atoms with Crippen LogP contribution in [-0.2, 0) is 0 Å². The van der Waals surface area contributed by atoms with Gasteiger partial charge in [0.2, 0.25) is 0 Å². The third-order valence-corrected chi connectivity index (χ3v) is 6.22. The summed E-state index contributed by atoms with van der Waals surface area (Å²) in [7, 11) is 0. The number of urea groups is 2. The number of amides is 4. The highest BCUT2D eigenvalue weighted by molar-refractivity contribution is 5.91. The van der Waals surface area contributed by atoms with Crippen molar-refractivity contribution in [3.63, 3.8) is 0 Å². The van der Waals surface area contributed by atoms with Crippen molar-refractivity contribution in [2.75, 3.05) is 18.4 Å². The first-order chi connectivity index (χ1) is 13.9. The van der Waals surface area contributed by atoms with Gasteiger partial charge < -0.3 is 20.9 Å². The number of nitrogens with zero attached hydrogens (tertiary/aromatic N) is 1. The molecule has 0 spiro atoms. The molecule has 1 heterocycles. The number of carbonyl (C=O) groups excluding carboxylic acids is 2. The number of hydrogen-bond donors (Lipinski definition) is 3. The number of hydrogen-bond acceptors (Lipinski definition) is 2. The Morgan fingerprint density at radius 1 is 0.966 bits per heavy atom. The van der Waals surface area contributed by atoms with Gasteiger partial charge >= 0.3 is 12.1 Å². The van der Waals surface area contributed by atoms with Gasteiger partial charge in [0.15, 0.2) is 0 Å². The minimum Gasteiger partial charge on any atom is -0.335 e. The maximum absolute atomic E-state index is 12.8. The summed E-state index contributed by atoms with van der Waals surface area (Å²) >= 11 is 0. The molecular formula is C23H36N4O2. The molecule has 0 unspecified atom stereocenters. The first-order valence-corrected chi connectivity index (χ1v) is 11.2. The number of aryl methyl sites for hydroxylation is 1. The van der Waals surface area contributed by atoms with Gasteiger partial charge in [-0.2, -0.15) is 0 Å². The van der Waals surface area contributed by atoms with E-state index in [4.69, 9.17) is 0 Å². The Balaban J connectivity index is 1.47. The number of likely N-dealkylation sites (tertiary alicyclic amines) is 1. The van der Waals surface area contributed by atoms with Gasteiger partial charge in [-0.25, -0.2) is 9.59 Å². The Bertz CT molecular complexity index is 705. The molecule has 6 heteroatoms. The van der Waals surface area contributed by atoms with Crippen LogP contribution in [0.4, 0.5) is 15.3 Å². The van der Waals surface area contributed by atoms with E-state index in [0.717, 1.165) is 42.5 Å². The zero-order chi connectivity index (χ0) is 20.8. The SMILES string of the molecule is Cc1cccc(C(C)C)c1NC(=O)N1CCC(NC(=O)NC2CCCCC2)CC1. The van der Waals surface area contributed by atoms with Crippen molar-refractivity contribution in [1.29, 1.82) is 0 Å². The van der Waals surface area contributed by atoms with Crippen molar-refractivity contribution in [1.82, 2.24) is 15.5 Å². The molecule has 1 aliphatic heterocycles. The number of nitrogens with one attached hydrogen (secondary N) is 3. The highest BCUT2D eigenvalue weighted by atomic mass is 16.2. The second kappa shape index (κ2) is 9.99. The van der Waals surface area contributed by atoms with E-state index in [2.05, 4.69) is 35.9 Å². The van der Waals surface area contributed by atoms with Gasteiger partial charge in [0.25, 0.3) is 0 Å². The molecule has 6 nitrogen and oxygen atoms in total. The molecule has 2 fully saturated rings. The molecule has 29 heavy (non-hydrogen) atoms. The largest absolute Gasteiger partial charge is 0.335 e. The summed E-state index contributed by atoms with van der Waals surface area (Å²) in [5.41, 5.74) is 3.18. The minimum atomic E-state index is -0.0544. The summed E-state index contributed by atoms with van der Waals surface area (Å²) in [4.78, 5) is 26.9. The van der Waals surface area contributed by atoms with Crippen LogP contribution in [0, 0.1) is 6.92 Å². The fourth-order valence-electron chi connectivity index (χ4n) is 4.41. The lowest BCUT2D eigenvalue weighted by molar-refractivity contribution is 0.186. The van der Waals surface area contributed by atoms with E-state index in [9.17, 15) is 9.59 Å². The number of rotatable bonds is 4. The van der Waals surface area contributed by atoms with Gasteiger partial charge in [0.1, 0.15) is 0 Å². The average Bonchev–Trinajstić information content (AvgIpc) is 2.70. The normalized spacial score (nSPS) is 18.6. The zero-order valence-electron chi connectivity index (χ0n) is 18.1. The van der Waals surface area contributed by atoms with Crippen molar-refractivity contribution >= 4 is 17.7 Å². The van der Waals surface area contributed by atoms with Crippen molar-refractivity contribution in [3.8, 4) is 0 Å². The van der Waals surface area contributed by atoms with Crippen LogP contribution in [0.25, 0.3) is 0 Å².